The molecule has 5 heteroatoms. The van der Waals surface area contributed by atoms with Gasteiger partial charge in [0.2, 0.25) is 0 Å². The van der Waals surface area contributed by atoms with Crippen LogP contribution < -0.4 is 0 Å². The SMILES string of the molecule is CN(CCCO)C(=O)c1ccc2c(c1)CCC1C2CCC2(C)C(c3cncc(F)c3)=CCC12. The summed E-state index contributed by atoms with van der Waals surface area (Å²) in [6.07, 6.45) is 11.4. The number of allylic oxidation sites excluding steroid dienone is 2. The molecule has 2 aromatic rings. The van der Waals surface area contributed by atoms with E-state index in [1.54, 1.807) is 24.2 Å². The van der Waals surface area contributed by atoms with Crippen LogP contribution in [0.3, 0.4) is 0 Å². The number of carbonyl (C=O) groups is 1. The van der Waals surface area contributed by atoms with Gasteiger partial charge in [0, 0.05) is 32.0 Å². The minimum absolute atomic E-state index is 0.0259. The van der Waals surface area contributed by atoms with Gasteiger partial charge < -0.3 is 10.0 Å². The Morgan fingerprint density at radius 3 is 2.91 bits per heavy atom. The molecule has 1 N–H and O–H groups in total. The van der Waals surface area contributed by atoms with Crippen LogP contribution in [0.1, 0.15) is 72.0 Å². The number of hydrogen-bond donors (Lipinski definition) is 1. The van der Waals surface area contributed by atoms with Gasteiger partial charge in [-0.15, -0.1) is 0 Å². The number of fused-ring (bicyclic) bond motifs is 5. The molecule has 1 amide bonds. The summed E-state index contributed by atoms with van der Waals surface area (Å²) < 4.78 is 13.9. The van der Waals surface area contributed by atoms with E-state index in [1.165, 1.54) is 22.9 Å². The maximum atomic E-state index is 13.9. The molecule has 0 spiro atoms. The molecule has 33 heavy (non-hydrogen) atoms. The van der Waals surface area contributed by atoms with E-state index in [-0.39, 0.29) is 23.7 Å². The predicted octanol–water partition coefficient (Wildman–Crippen LogP) is 5.22. The zero-order valence-corrected chi connectivity index (χ0v) is 19.6. The Morgan fingerprint density at radius 2 is 2.12 bits per heavy atom. The van der Waals surface area contributed by atoms with Gasteiger partial charge in [-0.25, -0.2) is 4.39 Å². The number of aliphatic hydroxyl groups excluding tert-OH is 1. The lowest BCUT2D eigenvalue weighted by molar-refractivity contribution is 0.0785. The van der Waals surface area contributed by atoms with Gasteiger partial charge in [0.15, 0.2) is 0 Å². The zero-order chi connectivity index (χ0) is 23.2. The molecule has 0 radical (unpaired) electrons. The van der Waals surface area contributed by atoms with E-state index in [0.29, 0.717) is 30.7 Å². The maximum absolute atomic E-state index is 13.9. The molecule has 0 aliphatic heterocycles. The molecule has 4 atom stereocenters. The van der Waals surface area contributed by atoms with Crippen molar-refractivity contribution < 1.29 is 14.3 Å². The molecule has 5 rings (SSSR count). The third-order valence-corrected chi connectivity index (χ3v) is 8.57. The summed E-state index contributed by atoms with van der Waals surface area (Å²) >= 11 is 0. The van der Waals surface area contributed by atoms with Crippen LogP contribution >= 0.6 is 0 Å². The van der Waals surface area contributed by atoms with Crippen molar-refractivity contribution in [3.8, 4) is 0 Å². The zero-order valence-electron chi connectivity index (χ0n) is 19.6. The van der Waals surface area contributed by atoms with Crippen LogP contribution in [-0.4, -0.2) is 41.1 Å². The summed E-state index contributed by atoms with van der Waals surface area (Å²) in [5.74, 6) is 1.46. The van der Waals surface area contributed by atoms with Gasteiger partial charge in [0.1, 0.15) is 5.82 Å². The first-order valence-electron chi connectivity index (χ1n) is 12.2. The average Bonchev–Trinajstić information content (AvgIpc) is 3.18. The highest BCUT2D eigenvalue weighted by Crippen LogP contribution is 2.63. The first-order chi connectivity index (χ1) is 15.9. The number of rotatable bonds is 5. The molecule has 4 unspecified atom stereocenters. The Kier molecular flexibility index (Phi) is 5.86. The first-order valence-corrected chi connectivity index (χ1v) is 12.2. The van der Waals surface area contributed by atoms with Gasteiger partial charge in [-0.3, -0.25) is 9.78 Å². The number of carbonyl (C=O) groups excluding carboxylic acids is 1. The van der Waals surface area contributed by atoms with E-state index in [0.717, 1.165) is 43.2 Å². The fourth-order valence-corrected chi connectivity index (χ4v) is 6.92. The number of aliphatic hydroxyl groups is 1. The second-order valence-corrected chi connectivity index (χ2v) is 10.3. The lowest BCUT2D eigenvalue weighted by Gasteiger charge is -2.50. The van der Waals surface area contributed by atoms with Crippen molar-refractivity contribution in [2.75, 3.05) is 20.2 Å². The number of benzene rings is 1. The van der Waals surface area contributed by atoms with E-state index in [9.17, 15) is 9.18 Å². The number of aromatic nitrogens is 1. The van der Waals surface area contributed by atoms with Crippen LogP contribution in [0.15, 0.2) is 42.7 Å². The molecule has 1 saturated carbocycles. The minimum Gasteiger partial charge on any atom is -0.396 e. The molecule has 1 aromatic heterocycles. The molecule has 3 aliphatic rings. The van der Waals surface area contributed by atoms with Gasteiger partial charge in [0.05, 0.1) is 6.20 Å². The normalized spacial score (nSPS) is 27.9. The van der Waals surface area contributed by atoms with Crippen molar-refractivity contribution in [3.05, 3.63) is 70.8 Å². The highest BCUT2D eigenvalue weighted by atomic mass is 19.1. The fraction of sp³-hybridized carbons (Fsp3) is 0.500. The molecule has 0 saturated heterocycles. The van der Waals surface area contributed by atoms with E-state index in [4.69, 9.17) is 5.11 Å². The Bertz CT molecular complexity index is 1100. The summed E-state index contributed by atoms with van der Waals surface area (Å²) in [5.41, 5.74) is 5.76. The molecule has 1 heterocycles. The van der Waals surface area contributed by atoms with Gasteiger partial charge in [-0.1, -0.05) is 19.1 Å². The number of nitrogens with zero attached hydrogens (tertiary/aromatic N) is 2. The first kappa shape index (κ1) is 22.3. The van der Waals surface area contributed by atoms with Gasteiger partial charge >= 0.3 is 0 Å². The number of amides is 1. The number of pyridine rings is 1. The highest BCUT2D eigenvalue weighted by molar-refractivity contribution is 5.94. The molecule has 4 nitrogen and oxygen atoms in total. The Hall–Kier alpha value is -2.53. The Labute approximate surface area is 195 Å². The molecule has 0 bridgehead atoms. The smallest absolute Gasteiger partial charge is 0.253 e. The number of hydrogen-bond acceptors (Lipinski definition) is 3. The van der Waals surface area contributed by atoms with Crippen molar-refractivity contribution in [2.45, 2.75) is 51.4 Å². The van der Waals surface area contributed by atoms with Crippen LogP contribution in [0.2, 0.25) is 0 Å². The Balaban J connectivity index is 1.37. The number of halogens is 1. The summed E-state index contributed by atoms with van der Waals surface area (Å²) in [4.78, 5) is 18.6. The van der Waals surface area contributed by atoms with Crippen molar-refractivity contribution in [2.24, 2.45) is 17.3 Å². The second-order valence-electron chi connectivity index (χ2n) is 10.3. The molecule has 1 aromatic carbocycles. The van der Waals surface area contributed by atoms with Crippen LogP contribution in [-0.2, 0) is 6.42 Å². The van der Waals surface area contributed by atoms with Crippen molar-refractivity contribution in [3.63, 3.8) is 0 Å². The van der Waals surface area contributed by atoms with E-state index in [1.807, 2.05) is 6.07 Å². The van der Waals surface area contributed by atoms with Crippen LogP contribution in [0.25, 0.3) is 5.57 Å². The lowest BCUT2D eigenvalue weighted by Crippen LogP contribution is -2.41. The molecular weight excluding hydrogens is 415 g/mol. The summed E-state index contributed by atoms with van der Waals surface area (Å²) in [5, 5.41) is 9.05. The van der Waals surface area contributed by atoms with Gasteiger partial charge in [-0.2, -0.15) is 0 Å². The van der Waals surface area contributed by atoms with Gasteiger partial charge in [-0.05, 0) is 102 Å². The highest BCUT2D eigenvalue weighted by Gasteiger charge is 2.52. The predicted molar refractivity (Wildman–Crippen MR) is 127 cm³/mol. The molecule has 3 aliphatic carbocycles. The van der Waals surface area contributed by atoms with Gasteiger partial charge in [0.25, 0.3) is 5.91 Å². The third-order valence-electron chi connectivity index (χ3n) is 8.57. The average molecular weight is 449 g/mol. The minimum atomic E-state index is -0.270. The summed E-state index contributed by atoms with van der Waals surface area (Å²) in [7, 11) is 1.80. The lowest BCUT2D eigenvalue weighted by atomic mass is 9.54. The van der Waals surface area contributed by atoms with Crippen LogP contribution in [0, 0.1) is 23.1 Å². The second kappa shape index (κ2) is 8.68. The fourth-order valence-electron chi connectivity index (χ4n) is 6.92. The quantitative estimate of drug-likeness (QED) is 0.682. The van der Waals surface area contributed by atoms with E-state index in [2.05, 4.69) is 30.1 Å². The molecule has 174 valence electrons. The van der Waals surface area contributed by atoms with E-state index < -0.39 is 0 Å². The van der Waals surface area contributed by atoms with Crippen molar-refractivity contribution >= 4 is 11.5 Å². The van der Waals surface area contributed by atoms with Crippen LogP contribution in [0.4, 0.5) is 4.39 Å². The summed E-state index contributed by atoms with van der Waals surface area (Å²) in [6.45, 7) is 3.03. The molecule has 1 fully saturated rings. The maximum Gasteiger partial charge on any atom is 0.253 e. The molecular formula is C28H33FN2O2. The standard InChI is InChI=1S/C28H33FN2O2/c1-28-11-10-23-22-6-5-19(27(33)31(2)12-3-13-32)14-18(22)4-7-24(23)26(28)9-8-25(28)20-15-21(29)17-30-16-20/h5-6,8,14-17,23-24,26,32H,3-4,7,9-13H2,1-2H3. The monoisotopic (exact) mass is 448 g/mol. The largest absolute Gasteiger partial charge is 0.396 e. The third kappa shape index (κ3) is 3.80. The summed E-state index contributed by atoms with van der Waals surface area (Å²) in [6, 6.07) is 7.92. The van der Waals surface area contributed by atoms with E-state index >= 15 is 0 Å². The van der Waals surface area contributed by atoms with Crippen molar-refractivity contribution in [1.29, 1.82) is 0 Å². The topological polar surface area (TPSA) is 53.4 Å². The van der Waals surface area contributed by atoms with Crippen molar-refractivity contribution in [1.82, 2.24) is 9.88 Å². The van der Waals surface area contributed by atoms with Crippen LogP contribution in [0.5, 0.6) is 0 Å². The number of aryl methyl sites for hydroxylation is 1. The Morgan fingerprint density at radius 1 is 1.27 bits per heavy atom.